The molecule has 0 radical (unpaired) electrons. The van der Waals surface area contributed by atoms with Crippen LogP contribution in [0.15, 0.2) is 0 Å². The summed E-state index contributed by atoms with van der Waals surface area (Å²) in [6, 6.07) is 0.480. The lowest BCUT2D eigenvalue weighted by Crippen LogP contribution is -2.45. The number of carbonyl (C=O) groups is 1. The average molecular weight is 212 g/mol. The number of hydrogen-bond donors (Lipinski definition) is 1. The summed E-state index contributed by atoms with van der Waals surface area (Å²) in [6.07, 6.45) is 3.98. The van der Waals surface area contributed by atoms with E-state index in [-0.39, 0.29) is 11.8 Å². The van der Waals surface area contributed by atoms with Gasteiger partial charge in [0.2, 0.25) is 5.91 Å². The van der Waals surface area contributed by atoms with Crippen LogP contribution in [0.1, 0.15) is 40.0 Å². The molecular weight excluding hydrogens is 188 g/mol. The van der Waals surface area contributed by atoms with Gasteiger partial charge in [0.1, 0.15) is 0 Å². The van der Waals surface area contributed by atoms with Crippen LogP contribution in [0.5, 0.6) is 0 Å². The molecule has 0 bridgehead atoms. The molecule has 0 aromatic heterocycles. The van der Waals surface area contributed by atoms with E-state index in [1.165, 1.54) is 32.4 Å². The zero-order valence-electron chi connectivity index (χ0n) is 10.3. The standard InChI is InChI=1S/C12H24N2O/c1-10(2)12(15)13-9-11(3)14-7-5-4-6-8-14/h10-11H,4-9H2,1-3H3,(H,13,15). The molecule has 3 heteroatoms. The smallest absolute Gasteiger partial charge is 0.222 e. The molecule has 1 saturated heterocycles. The number of rotatable bonds is 4. The van der Waals surface area contributed by atoms with E-state index in [0.29, 0.717) is 6.04 Å². The van der Waals surface area contributed by atoms with Crippen molar-refractivity contribution in [1.82, 2.24) is 10.2 Å². The fraction of sp³-hybridized carbons (Fsp3) is 0.917. The van der Waals surface area contributed by atoms with E-state index in [0.717, 1.165) is 6.54 Å². The SMILES string of the molecule is CC(C)C(=O)NCC(C)N1CCCCC1. The van der Waals surface area contributed by atoms with Gasteiger partial charge in [0.05, 0.1) is 0 Å². The van der Waals surface area contributed by atoms with Gasteiger partial charge in [-0.05, 0) is 32.9 Å². The van der Waals surface area contributed by atoms with Crippen LogP contribution in [0.4, 0.5) is 0 Å². The molecule has 1 fully saturated rings. The summed E-state index contributed by atoms with van der Waals surface area (Å²) in [5.74, 6) is 0.261. The fourth-order valence-electron chi connectivity index (χ4n) is 1.94. The van der Waals surface area contributed by atoms with Crippen LogP contribution >= 0.6 is 0 Å². The molecule has 1 atom stereocenters. The summed E-state index contributed by atoms with van der Waals surface area (Å²) in [4.78, 5) is 13.9. The molecular formula is C12H24N2O. The topological polar surface area (TPSA) is 32.3 Å². The Morgan fingerprint density at radius 2 is 1.80 bits per heavy atom. The summed E-state index contributed by atoms with van der Waals surface area (Å²) < 4.78 is 0. The van der Waals surface area contributed by atoms with Crippen molar-refractivity contribution in [3.63, 3.8) is 0 Å². The molecule has 1 aliphatic rings. The number of carbonyl (C=O) groups excluding carboxylic acids is 1. The Hall–Kier alpha value is -0.570. The van der Waals surface area contributed by atoms with Crippen molar-refractivity contribution in [3.05, 3.63) is 0 Å². The van der Waals surface area contributed by atoms with Crippen LogP contribution in [-0.2, 0) is 4.79 Å². The molecule has 1 heterocycles. The largest absolute Gasteiger partial charge is 0.354 e. The van der Waals surface area contributed by atoms with Gasteiger partial charge < -0.3 is 5.32 Å². The van der Waals surface area contributed by atoms with E-state index in [9.17, 15) is 4.79 Å². The van der Waals surface area contributed by atoms with Crippen LogP contribution in [0.2, 0.25) is 0 Å². The molecule has 1 rings (SSSR count). The molecule has 0 aromatic rings. The lowest BCUT2D eigenvalue weighted by atomic mass is 10.1. The first-order valence-corrected chi connectivity index (χ1v) is 6.13. The third-order valence-corrected chi connectivity index (χ3v) is 3.11. The highest BCUT2D eigenvalue weighted by Gasteiger charge is 2.17. The maximum Gasteiger partial charge on any atom is 0.222 e. The molecule has 15 heavy (non-hydrogen) atoms. The predicted octanol–water partition coefficient (Wildman–Crippen LogP) is 1.63. The summed E-state index contributed by atoms with van der Waals surface area (Å²) in [5, 5.41) is 3.00. The highest BCUT2D eigenvalue weighted by molar-refractivity contribution is 5.77. The molecule has 1 unspecified atom stereocenters. The lowest BCUT2D eigenvalue weighted by Gasteiger charge is -2.32. The van der Waals surface area contributed by atoms with Crippen LogP contribution in [-0.4, -0.2) is 36.5 Å². The Balaban J connectivity index is 2.22. The maximum absolute atomic E-state index is 11.4. The number of nitrogens with one attached hydrogen (secondary N) is 1. The zero-order valence-corrected chi connectivity index (χ0v) is 10.3. The highest BCUT2D eigenvalue weighted by atomic mass is 16.1. The number of nitrogens with zero attached hydrogens (tertiary/aromatic N) is 1. The quantitative estimate of drug-likeness (QED) is 0.768. The Bertz CT molecular complexity index is 198. The van der Waals surface area contributed by atoms with E-state index in [4.69, 9.17) is 0 Å². The Kier molecular flexibility index (Phi) is 5.09. The van der Waals surface area contributed by atoms with E-state index < -0.39 is 0 Å². The number of piperidine rings is 1. The van der Waals surface area contributed by atoms with Crippen molar-refractivity contribution in [2.24, 2.45) is 5.92 Å². The minimum atomic E-state index is 0.0959. The average Bonchev–Trinajstić information content (AvgIpc) is 2.26. The molecule has 1 N–H and O–H groups in total. The predicted molar refractivity (Wildman–Crippen MR) is 62.7 cm³/mol. The summed E-state index contributed by atoms with van der Waals surface area (Å²) >= 11 is 0. The van der Waals surface area contributed by atoms with Gasteiger partial charge in [0, 0.05) is 18.5 Å². The molecule has 0 spiro atoms. The molecule has 0 aliphatic carbocycles. The van der Waals surface area contributed by atoms with Gasteiger partial charge in [-0.1, -0.05) is 20.3 Å². The highest BCUT2D eigenvalue weighted by Crippen LogP contribution is 2.11. The first kappa shape index (κ1) is 12.5. The molecule has 1 aliphatic heterocycles. The van der Waals surface area contributed by atoms with Crippen LogP contribution in [0.3, 0.4) is 0 Å². The van der Waals surface area contributed by atoms with Crippen molar-refractivity contribution < 1.29 is 4.79 Å². The number of hydrogen-bond acceptors (Lipinski definition) is 2. The Labute approximate surface area is 93.2 Å². The Morgan fingerprint density at radius 1 is 1.20 bits per heavy atom. The van der Waals surface area contributed by atoms with Crippen molar-refractivity contribution in [2.75, 3.05) is 19.6 Å². The van der Waals surface area contributed by atoms with Gasteiger partial charge in [0.15, 0.2) is 0 Å². The fourth-order valence-corrected chi connectivity index (χ4v) is 1.94. The van der Waals surface area contributed by atoms with Gasteiger partial charge in [0.25, 0.3) is 0 Å². The van der Waals surface area contributed by atoms with E-state index in [1.54, 1.807) is 0 Å². The van der Waals surface area contributed by atoms with Crippen molar-refractivity contribution in [2.45, 2.75) is 46.1 Å². The molecule has 88 valence electrons. The van der Waals surface area contributed by atoms with Gasteiger partial charge in [-0.2, -0.15) is 0 Å². The van der Waals surface area contributed by atoms with Gasteiger partial charge in [-0.3, -0.25) is 9.69 Å². The van der Waals surface area contributed by atoms with Crippen LogP contribution in [0, 0.1) is 5.92 Å². The molecule has 0 saturated carbocycles. The van der Waals surface area contributed by atoms with Gasteiger partial charge in [-0.25, -0.2) is 0 Å². The van der Waals surface area contributed by atoms with Gasteiger partial charge >= 0.3 is 0 Å². The zero-order chi connectivity index (χ0) is 11.3. The maximum atomic E-state index is 11.4. The Morgan fingerprint density at radius 3 is 2.33 bits per heavy atom. The minimum absolute atomic E-state index is 0.0959. The van der Waals surface area contributed by atoms with Crippen LogP contribution in [0.25, 0.3) is 0 Å². The first-order chi connectivity index (χ1) is 7.11. The normalized spacial score (nSPS) is 20.3. The van der Waals surface area contributed by atoms with Crippen molar-refractivity contribution in [1.29, 1.82) is 0 Å². The van der Waals surface area contributed by atoms with E-state index >= 15 is 0 Å². The van der Waals surface area contributed by atoms with E-state index in [1.807, 2.05) is 13.8 Å². The third-order valence-electron chi connectivity index (χ3n) is 3.11. The van der Waals surface area contributed by atoms with Crippen molar-refractivity contribution in [3.8, 4) is 0 Å². The summed E-state index contributed by atoms with van der Waals surface area (Å²) in [5.41, 5.74) is 0. The monoisotopic (exact) mass is 212 g/mol. The molecule has 1 amide bonds. The lowest BCUT2D eigenvalue weighted by molar-refractivity contribution is -0.124. The molecule has 3 nitrogen and oxygen atoms in total. The number of amides is 1. The minimum Gasteiger partial charge on any atom is -0.354 e. The second kappa shape index (κ2) is 6.11. The molecule has 0 aromatic carbocycles. The first-order valence-electron chi connectivity index (χ1n) is 6.13. The summed E-state index contributed by atoms with van der Waals surface area (Å²) in [6.45, 7) is 9.24. The summed E-state index contributed by atoms with van der Waals surface area (Å²) in [7, 11) is 0. The van der Waals surface area contributed by atoms with Crippen molar-refractivity contribution >= 4 is 5.91 Å². The van der Waals surface area contributed by atoms with Crippen LogP contribution < -0.4 is 5.32 Å². The van der Waals surface area contributed by atoms with E-state index in [2.05, 4.69) is 17.1 Å². The van der Waals surface area contributed by atoms with Gasteiger partial charge in [-0.15, -0.1) is 0 Å². The third kappa shape index (κ3) is 4.20. The second-order valence-electron chi connectivity index (χ2n) is 4.85. The second-order valence-corrected chi connectivity index (χ2v) is 4.85. The number of likely N-dealkylation sites (tertiary alicyclic amines) is 1.